The van der Waals surface area contributed by atoms with Crippen LogP contribution in [0.2, 0.25) is 0 Å². The molecule has 4 heteroatoms. The third-order valence-electron chi connectivity index (χ3n) is 3.14. The Morgan fingerprint density at radius 1 is 1.59 bits per heavy atom. The number of nitrogens with zero attached hydrogens (tertiary/aromatic N) is 1. The van der Waals surface area contributed by atoms with Gasteiger partial charge in [-0.15, -0.1) is 11.3 Å². The Morgan fingerprint density at radius 2 is 2.41 bits per heavy atom. The van der Waals surface area contributed by atoms with Crippen molar-refractivity contribution in [3.8, 4) is 0 Å². The quantitative estimate of drug-likeness (QED) is 0.771. The first kappa shape index (κ1) is 12.7. The third-order valence-corrected chi connectivity index (χ3v) is 4.41. The predicted molar refractivity (Wildman–Crippen MR) is 69.9 cm³/mol. The minimum Gasteiger partial charge on any atom is -0.379 e. The number of carbonyl (C=O) groups is 1. The van der Waals surface area contributed by atoms with E-state index in [1.54, 1.807) is 11.3 Å². The van der Waals surface area contributed by atoms with Crippen LogP contribution in [0, 0.1) is 0 Å². The molecule has 0 spiro atoms. The molecule has 0 bridgehead atoms. The van der Waals surface area contributed by atoms with Gasteiger partial charge in [0.1, 0.15) is 0 Å². The number of aryl methyl sites for hydroxylation is 1. The van der Waals surface area contributed by atoms with Crippen LogP contribution in [-0.4, -0.2) is 43.0 Å². The lowest BCUT2D eigenvalue weighted by molar-refractivity contribution is 0.00207. The van der Waals surface area contributed by atoms with Gasteiger partial charge < -0.3 is 4.74 Å². The standard InChI is InChI=1S/C13H19NO2S/c1-3-11-4-5-13(17-11)12(15)8-14-6-7-16-9-10(14)2/h4-5,10H,3,6-9H2,1-2H3. The number of Topliss-reactive ketones (excluding diaryl/α,β-unsaturated/α-hetero) is 1. The number of thiophene rings is 1. The molecule has 0 aliphatic carbocycles. The van der Waals surface area contributed by atoms with Gasteiger partial charge in [-0.25, -0.2) is 0 Å². The normalized spacial score (nSPS) is 21.6. The van der Waals surface area contributed by atoms with Crippen LogP contribution in [0.1, 0.15) is 28.4 Å². The van der Waals surface area contributed by atoms with E-state index in [1.807, 2.05) is 6.07 Å². The van der Waals surface area contributed by atoms with Gasteiger partial charge in [0.15, 0.2) is 5.78 Å². The molecular formula is C13H19NO2S. The van der Waals surface area contributed by atoms with Crippen molar-refractivity contribution >= 4 is 17.1 Å². The molecule has 0 amide bonds. The maximum Gasteiger partial charge on any atom is 0.186 e. The molecule has 0 radical (unpaired) electrons. The molecule has 1 atom stereocenters. The third kappa shape index (κ3) is 3.15. The predicted octanol–water partition coefficient (Wildman–Crippen LogP) is 2.21. The molecule has 1 aromatic rings. The van der Waals surface area contributed by atoms with Gasteiger partial charge in [0.25, 0.3) is 0 Å². The molecule has 0 aromatic carbocycles. The van der Waals surface area contributed by atoms with Crippen LogP contribution in [0.5, 0.6) is 0 Å². The van der Waals surface area contributed by atoms with Crippen LogP contribution in [0.25, 0.3) is 0 Å². The highest BCUT2D eigenvalue weighted by Gasteiger charge is 2.22. The number of hydrogen-bond acceptors (Lipinski definition) is 4. The summed E-state index contributed by atoms with van der Waals surface area (Å²) in [5, 5.41) is 0. The zero-order valence-electron chi connectivity index (χ0n) is 10.4. The van der Waals surface area contributed by atoms with Crippen LogP contribution in [0.3, 0.4) is 0 Å². The molecule has 17 heavy (non-hydrogen) atoms. The molecule has 1 unspecified atom stereocenters. The maximum atomic E-state index is 12.1. The van der Waals surface area contributed by atoms with Crippen LogP contribution >= 0.6 is 11.3 Å². The zero-order valence-corrected chi connectivity index (χ0v) is 11.3. The van der Waals surface area contributed by atoms with Gasteiger partial charge in [0, 0.05) is 17.5 Å². The summed E-state index contributed by atoms with van der Waals surface area (Å²) in [6.45, 7) is 7.08. The number of ether oxygens (including phenoxy) is 1. The molecule has 1 saturated heterocycles. The number of morpholine rings is 1. The highest BCUT2D eigenvalue weighted by atomic mass is 32.1. The van der Waals surface area contributed by atoms with E-state index in [4.69, 9.17) is 4.74 Å². The van der Waals surface area contributed by atoms with E-state index >= 15 is 0 Å². The van der Waals surface area contributed by atoms with Gasteiger partial charge >= 0.3 is 0 Å². The van der Waals surface area contributed by atoms with Gasteiger partial charge in [-0.3, -0.25) is 9.69 Å². The van der Waals surface area contributed by atoms with Crippen LogP contribution < -0.4 is 0 Å². The SMILES string of the molecule is CCc1ccc(C(=O)CN2CCOCC2C)s1. The highest BCUT2D eigenvalue weighted by molar-refractivity contribution is 7.14. The van der Waals surface area contributed by atoms with E-state index in [2.05, 4.69) is 24.8 Å². The van der Waals surface area contributed by atoms with Gasteiger partial charge in [-0.2, -0.15) is 0 Å². The molecular weight excluding hydrogens is 234 g/mol. The maximum absolute atomic E-state index is 12.1. The van der Waals surface area contributed by atoms with E-state index in [1.165, 1.54) is 4.88 Å². The Morgan fingerprint density at radius 3 is 3.06 bits per heavy atom. The summed E-state index contributed by atoms with van der Waals surface area (Å²) < 4.78 is 5.37. The largest absolute Gasteiger partial charge is 0.379 e. The van der Waals surface area contributed by atoms with Crippen LogP contribution in [-0.2, 0) is 11.2 Å². The molecule has 1 fully saturated rings. The molecule has 1 aliphatic rings. The Bertz CT molecular complexity index is 389. The topological polar surface area (TPSA) is 29.5 Å². The van der Waals surface area contributed by atoms with Gasteiger partial charge in [-0.05, 0) is 25.5 Å². The lowest BCUT2D eigenvalue weighted by Crippen LogP contribution is -2.45. The Balaban J connectivity index is 1.96. The summed E-state index contributed by atoms with van der Waals surface area (Å²) >= 11 is 1.62. The summed E-state index contributed by atoms with van der Waals surface area (Å²) in [6.07, 6.45) is 1.01. The number of hydrogen-bond donors (Lipinski definition) is 0. The van der Waals surface area contributed by atoms with E-state index < -0.39 is 0 Å². The average molecular weight is 253 g/mol. The van der Waals surface area contributed by atoms with Crippen molar-refractivity contribution in [2.24, 2.45) is 0 Å². The summed E-state index contributed by atoms with van der Waals surface area (Å²) in [5.74, 6) is 0.239. The molecule has 3 nitrogen and oxygen atoms in total. The summed E-state index contributed by atoms with van der Waals surface area (Å²) in [6, 6.07) is 4.36. The Kier molecular flexibility index (Phi) is 4.31. The van der Waals surface area contributed by atoms with Crippen molar-refractivity contribution in [3.63, 3.8) is 0 Å². The fourth-order valence-corrected chi connectivity index (χ4v) is 2.85. The molecule has 0 saturated carbocycles. The van der Waals surface area contributed by atoms with Crippen LogP contribution in [0.15, 0.2) is 12.1 Å². The van der Waals surface area contributed by atoms with Crippen molar-refractivity contribution in [1.82, 2.24) is 4.90 Å². The van der Waals surface area contributed by atoms with Crippen molar-refractivity contribution in [1.29, 1.82) is 0 Å². The second kappa shape index (κ2) is 5.76. The van der Waals surface area contributed by atoms with E-state index in [-0.39, 0.29) is 5.78 Å². The molecule has 1 aromatic heterocycles. The monoisotopic (exact) mass is 253 g/mol. The smallest absolute Gasteiger partial charge is 0.186 e. The Hall–Kier alpha value is -0.710. The van der Waals surface area contributed by atoms with Crippen LogP contribution in [0.4, 0.5) is 0 Å². The average Bonchev–Trinajstić information content (AvgIpc) is 2.81. The summed E-state index contributed by atoms with van der Waals surface area (Å²) in [7, 11) is 0. The van der Waals surface area contributed by atoms with E-state index in [0.717, 1.165) is 31.1 Å². The number of ketones is 1. The lowest BCUT2D eigenvalue weighted by Gasteiger charge is -2.32. The van der Waals surface area contributed by atoms with Gasteiger partial charge in [0.2, 0.25) is 0 Å². The highest BCUT2D eigenvalue weighted by Crippen LogP contribution is 2.18. The van der Waals surface area contributed by atoms with Crippen molar-refractivity contribution in [3.05, 3.63) is 21.9 Å². The first-order valence-corrected chi connectivity index (χ1v) is 6.96. The second-order valence-electron chi connectivity index (χ2n) is 4.44. The van der Waals surface area contributed by atoms with Crippen molar-refractivity contribution in [2.45, 2.75) is 26.3 Å². The summed E-state index contributed by atoms with van der Waals surface area (Å²) in [4.78, 5) is 16.5. The second-order valence-corrected chi connectivity index (χ2v) is 5.61. The fraction of sp³-hybridized carbons (Fsp3) is 0.615. The fourth-order valence-electron chi connectivity index (χ4n) is 1.98. The van der Waals surface area contributed by atoms with Gasteiger partial charge in [-0.1, -0.05) is 6.92 Å². The molecule has 2 heterocycles. The lowest BCUT2D eigenvalue weighted by atomic mass is 10.2. The molecule has 1 aliphatic heterocycles. The van der Waals surface area contributed by atoms with Crippen molar-refractivity contribution in [2.75, 3.05) is 26.3 Å². The number of carbonyl (C=O) groups excluding carboxylic acids is 1. The summed E-state index contributed by atoms with van der Waals surface area (Å²) in [5.41, 5.74) is 0. The minimum atomic E-state index is 0.239. The Labute approximate surface area is 106 Å². The molecule has 94 valence electrons. The van der Waals surface area contributed by atoms with E-state index in [0.29, 0.717) is 12.6 Å². The molecule has 2 rings (SSSR count). The number of rotatable bonds is 4. The first-order chi connectivity index (χ1) is 8.20. The zero-order chi connectivity index (χ0) is 12.3. The van der Waals surface area contributed by atoms with Gasteiger partial charge in [0.05, 0.1) is 24.6 Å². The molecule has 0 N–H and O–H groups in total. The van der Waals surface area contributed by atoms with E-state index in [9.17, 15) is 4.79 Å². The first-order valence-electron chi connectivity index (χ1n) is 6.14. The minimum absolute atomic E-state index is 0.239. The van der Waals surface area contributed by atoms with Crippen molar-refractivity contribution < 1.29 is 9.53 Å².